The van der Waals surface area contributed by atoms with E-state index in [0.29, 0.717) is 11.4 Å². The molecule has 0 heterocycles. The Morgan fingerprint density at radius 2 is 1.62 bits per heavy atom. The van der Waals surface area contributed by atoms with Crippen molar-refractivity contribution in [1.82, 2.24) is 0 Å². The van der Waals surface area contributed by atoms with E-state index in [1.54, 1.807) is 37.4 Å². The fraction of sp³-hybridized carbons (Fsp3) is 0.176. The Balaban J connectivity index is 1.99. The minimum absolute atomic E-state index is 0.289. The molecule has 0 aliphatic heterocycles. The molecule has 2 aromatic rings. The summed E-state index contributed by atoms with van der Waals surface area (Å²) in [6.07, 6.45) is -2.88. The summed E-state index contributed by atoms with van der Waals surface area (Å²) in [6, 6.07) is 11.9. The maximum atomic E-state index is 12.1. The maximum Gasteiger partial charge on any atom is 0.573 e. The molecule has 0 aliphatic rings. The van der Waals surface area contributed by atoms with Gasteiger partial charge in [0.25, 0.3) is 0 Å². The lowest BCUT2D eigenvalue weighted by Crippen LogP contribution is -2.16. The van der Waals surface area contributed by atoms with Gasteiger partial charge < -0.3 is 9.47 Å². The van der Waals surface area contributed by atoms with Gasteiger partial charge >= 0.3 is 12.3 Å². The van der Waals surface area contributed by atoms with Crippen LogP contribution in [0.4, 0.5) is 18.9 Å². The molecule has 0 amide bonds. The molecular weight excluding hydrogens is 323 g/mol. The summed E-state index contributed by atoms with van der Waals surface area (Å²) in [5.41, 5.74) is 1.23. The van der Waals surface area contributed by atoms with Crippen LogP contribution in [0, 0.1) is 0 Å². The second-order valence-corrected chi connectivity index (χ2v) is 4.70. The number of hydrogen-bond acceptors (Lipinski definition) is 4. The van der Waals surface area contributed by atoms with Crippen molar-refractivity contribution >= 4 is 17.9 Å². The topological polar surface area (TPSA) is 47.9 Å². The number of carbonyl (C=O) groups is 1. The number of rotatable bonds is 5. The molecule has 0 saturated carbocycles. The number of aliphatic imine (C=N–C) groups is 1. The van der Waals surface area contributed by atoms with Crippen LogP contribution in [0.25, 0.3) is 0 Å². The molecule has 0 aliphatic carbocycles. The van der Waals surface area contributed by atoms with Gasteiger partial charge in [-0.1, -0.05) is 6.92 Å². The van der Waals surface area contributed by atoms with Crippen molar-refractivity contribution in [3.8, 4) is 11.5 Å². The maximum absolute atomic E-state index is 12.1. The van der Waals surface area contributed by atoms with Crippen LogP contribution in [0.5, 0.6) is 11.5 Å². The van der Waals surface area contributed by atoms with E-state index >= 15 is 0 Å². The van der Waals surface area contributed by atoms with Gasteiger partial charge in [-0.2, -0.15) is 0 Å². The normalized spacial score (nSPS) is 11.5. The number of halogens is 3. The molecule has 4 nitrogen and oxygen atoms in total. The summed E-state index contributed by atoms with van der Waals surface area (Å²) in [4.78, 5) is 15.3. The summed E-state index contributed by atoms with van der Waals surface area (Å²) in [5.74, 6) is -0.186. The first kappa shape index (κ1) is 17.5. The molecule has 126 valence electrons. The average Bonchev–Trinajstić information content (AvgIpc) is 2.54. The van der Waals surface area contributed by atoms with Gasteiger partial charge in [0.05, 0.1) is 5.69 Å². The number of benzene rings is 2. The van der Waals surface area contributed by atoms with E-state index in [4.69, 9.17) is 4.74 Å². The fourth-order valence-corrected chi connectivity index (χ4v) is 1.71. The molecule has 0 unspecified atom stereocenters. The van der Waals surface area contributed by atoms with Gasteiger partial charge in [0.2, 0.25) is 0 Å². The van der Waals surface area contributed by atoms with Crippen molar-refractivity contribution in [2.75, 3.05) is 0 Å². The van der Waals surface area contributed by atoms with E-state index in [0.717, 1.165) is 5.56 Å². The Labute approximate surface area is 136 Å². The zero-order valence-corrected chi connectivity index (χ0v) is 12.7. The predicted octanol–water partition coefficient (Wildman–Crippen LogP) is 4.65. The minimum atomic E-state index is -4.71. The smallest absolute Gasteiger partial charge is 0.427 e. The van der Waals surface area contributed by atoms with E-state index in [1.165, 1.54) is 24.3 Å². The van der Waals surface area contributed by atoms with E-state index in [-0.39, 0.29) is 18.1 Å². The third-order valence-corrected chi connectivity index (χ3v) is 2.83. The van der Waals surface area contributed by atoms with Crippen LogP contribution in [-0.2, 0) is 4.79 Å². The summed E-state index contributed by atoms with van der Waals surface area (Å²) < 4.78 is 45.0. The highest BCUT2D eigenvalue weighted by molar-refractivity contribution is 5.82. The lowest BCUT2D eigenvalue weighted by Gasteiger charge is -2.08. The lowest BCUT2D eigenvalue weighted by molar-refractivity contribution is -0.274. The molecule has 2 aromatic carbocycles. The molecule has 0 aromatic heterocycles. The molecule has 0 N–H and O–H groups in total. The van der Waals surface area contributed by atoms with Gasteiger partial charge in [0.1, 0.15) is 11.5 Å². The third kappa shape index (κ3) is 5.75. The zero-order chi connectivity index (χ0) is 17.6. The second kappa shape index (κ2) is 7.63. The largest absolute Gasteiger partial charge is 0.573 e. The number of ether oxygens (including phenoxy) is 2. The number of hydrogen-bond donors (Lipinski definition) is 0. The first-order valence-corrected chi connectivity index (χ1v) is 7.06. The van der Waals surface area contributed by atoms with Gasteiger partial charge in [-0.25, -0.2) is 0 Å². The first-order valence-electron chi connectivity index (χ1n) is 7.06. The summed E-state index contributed by atoms with van der Waals surface area (Å²) in [5, 5.41) is 0. The number of nitrogens with zero attached hydrogens (tertiary/aromatic N) is 1. The van der Waals surface area contributed by atoms with E-state index in [2.05, 4.69) is 9.73 Å². The highest BCUT2D eigenvalue weighted by Gasteiger charge is 2.30. The molecule has 0 bridgehead atoms. The Hall–Kier alpha value is -2.83. The number of carbonyl (C=O) groups excluding carboxylic acids is 1. The Morgan fingerprint density at radius 1 is 1.04 bits per heavy atom. The number of alkyl halides is 3. The van der Waals surface area contributed by atoms with Crippen molar-refractivity contribution in [3.63, 3.8) is 0 Å². The van der Waals surface area contributed by atoms with E-state index in [1.807, 2.05) is 0 Å². The summed E-state index contributed by atoms with van der Waals surface area (Å²) in [6.45, 7) is 1.70. The van der Waals surface area contributed by atoms with Crippen LogP contribution < -0.4 is 9.47 Å². The molecule has 7 heteroatoms. The SMILES string of the molecule is CCC(=O)Oc1ccc(C=Nc2ccc(OC(F)(F)F)cc2)cc1. The van der Waals surface area contributed by atoms with Gasteiger partial charge in [-0.3, -0.25) is 9.79 Å². The molecule has 0 atom stereocenters. The number of esters is 1. The predicted molar refractivity (Wildman–Crippen MR) is 82.7 cm³/mol. The van der Waals surface area contributed by atoms with Crippen LogP contribution in [0.2, 0.25) is 0 Å². The van der Waals surface area contributed by atoms with Crippen molar-refractivity contribution in [2.45, 2.75) is 19.7 Å². The molecule has 0 radical (unpaired) electrons. The monoisotopic (exact) mass is 337 g/mol. The zero-order valence-electron chi connectivity index (χ0n) is 12.7. The van der Waals surface area contributed by atoms with Gasteiger partial charge in [-0.15, -0.1) is 13.2 Å². The first-order chi connectivity index (χ1) is 11.4. The van der Waals surface area contributed by atoms with Crippen LogP contribution in [0.1, 0.15) is 18.9 Å². The standard InChI is InChI=1S/C17H14F3NO3/c1-2-16(22)23-14-7-3-12(4-8-14)11-21-13-5-9-15(10-6-13)24-17(18,19)20/h3-11H,2H2,1H3. The minimum Gasteiger partial charge on any atom is -0.427 e. The average molecular weight is 337 g/mol. The molecule has 0 spiro atoms. The third-order valence-electron chi connectivity index (χ3n) is 2.83. The highest BCUT2D eigenvalue weighted by atomic mass is 19.4. The van der Waals surface area contributed by atoms with E-state index < -0.39 is 6.36 Å². The molecule has 2 rings (SSSR count). The molecule has 0 fully saturated rings. The van der Waals surface area contributed by atoms with Gasteiger partial charge in [0, 0.05) is 12.6 Å². The van der Waals surface area contributed by atoms with E-state index in [9.17, 15) is 18.0 Å². The van der Waals surface area contributed by atoms with Crippen LogP contribution in [-0.4, -0.2) is 18.5 Å². The fourth-order valence-electron chi connectivity index (χ4n) is 1.71. The quantitative estimate of drug-likeness (QED) is 0.453. The van der Waals surface area contributed by atoms with Crippen LogP contribution in [0.3, 0.4) is 0 Å². The summed E-state index contributed by atoms with van der Waals surface area (Å²) in [7, 11) is 0. The summed E-state index contributed by atoms with van der Waals surface area (Å²) >= 11 is 0. The van der Waals surface area contributed by atoms with Crippen molar-refractivity contribution in [3.05, 3.63) is 54.1 Å². The van der Waals surface area contributed by atoms with Crippen molar-refractivity contribution < 1.29 is 27.4 Å². The second-order valence-electron chi connectivity index (χ2n) is 4.70. The van der Waals surface area contributed by atoms with Crippen LogP contribution in [0.15, 0.2) is 53.5 Å². The van der Waals surface area contributed by atoms with Crippen LogP contribution >= 0.6 is 0 Å². The molecule has 24 heavy (non-hydrogen) atoms. The Kier molecular flexibility index (Phi) is 5.57. The van der Waals surface area contributed by atoms with Crippen molar-refractivity contribution in [2.24, 2.45) is 4.99 Å². The Morgan fingerprint density at radius 3 is 2.17 bits per heavy atom. The lowest BCUT2D eigenvalue weighted by atomic mass is 10.2. The van der Waals surface area contributed by atoms with Gasteiger partial charge in [0.15, 0.2) is 0 Å². The molecule has 0 saturated heterocycles. The molecular formula is C17H14F3NO3. The van der Waals surface area contributed by atoms with Crippen molar-refractivity contribution in [1.29, 1.82) is 0 Å². The Bertz CT molecular complexity index is 707. The highest BCUT2D eigenvalue weighted by Crippen LogP contribution is 2.24. The van der Waals surface area contributed by atoms with Gasteiger partial charge in [-0.05, 0) is 54.1 Å².